The monoisotopic (exact) mass is 440 g/mol. The topological polar surface area (TPSA) is 34.9 Å². The molecule has 0 N–H and O–H groups in total. The fourth-order valence-electron chi connectivity index (χ4n) is 4.72. The van der Waals surface area contributed by atoms with Crippen molar-refractivity contribution in [2.45, 2.75) is 52.5 Å². The SMILES string of the molecule is CC(=O)Cn1c2ccccc2c2ccc(CCCCCc3ccc4sc(C)nc4c3)cc21. The standard InChI is InChI=1S/C28H28N2OS/c1-19(31)18-30-26-11-7-6-10-23(26)24-14-12-22(17-27(24)30)9-5-3-4-8-21-13-15-28-25(16-21)29-20(2)32-28/h6-7,10-17H,3-5,8-9,18H2,1-2H3. The molecule has 162 valence electrons. The van der Waals surface area contributed by atoms with Gasteiger partial charge in [-0.15, -0.1) is 11.3 Å². The van der Waals surface area contributed by atoms with Gasteiger partial charge in [-0.25, -0.2) is 4.98 Å². The number of aromatic nitrogens is 2. The van der Waals surface area contributed by atoms with Crippen LogP contribution in [0.1, 0.15) is 42.3 Å². The molecule has 32 heavy (non-hydrogen) atoms. The zero-order chi connectivity index (χ0) is 22.1. The summed E-state index contributed by atoms with van der Waals surface area (Å²) in [6.45, 7) is 4.16. The van der Waals surface area contributed by atoms with Crippen molar-refractivity contribution in [3.05, 3.63) is 76.8 Å². The first-order chi connectivity index (χ1) is 15.6. The summed E-state index contributed by atoms with van der Waals surface area (Å²) >= 11 is 1.76. The van der Waals surface area contributed by atoms with E-state index in [1.807, 2.05) is 6.07 Å². The molecule has 5 rings (SSSR count). The summed E-state index contributed by atoms with van der Waals surface area (Å²) in [5, 5.41) is 3.59. The Morgan fingerprint density at radius 2 is 1.59 bits per heavy atom. The maximum absolute atomic E-state index is 11.9. The Balaban J connectivity index is 1.25. The summed E-state index contributed by atoms with van der Waals surface area (Å²) in [5.41, 5.74) is 6.19. The molecule has 0 spiro atoms. The van der Waals surface area contributed by atoms with Crippen molar-refractivity contribution < 1.29 is 4.79 Å². The van der Waals surface area contributed by atoms with Crippen LogP contribution >= 0.6 is 11.3 Å². The number of hydrogen-bond acceptors (Lipinski definition) is 3. The third-order valence-corrected chi connectivity index (χ3v) is 7.16. The first kappa shape index (κ1) is 20.9. The Hall–Kier alpha value is -2.98. The molecule has 0 bridgehead atoms. The van der Waals surface area contributed by atoms with E-state index in [4.69, 9.17) is 0 Å². The highest BCUT2D eigenvalue weighted by Gasteiger charge is 2.12. The summed E-state index contributed by atoms with van der Waals surface area (Å²) in [7, 11) is 0. The normalized spacial score (nSPS) is 11.7. The molecule has 0 aliphatic carbocycles. The summed E-state index contributed by atoms with van der Waals surface area (Å²) < 4.78 is 3.45. The Labute approximate surface area is 192 Å². The number of carbonyl (C=O) groups is 1. The molecule has 0 aliphatic rings. The lowest BCUT2D eigenvalue weighted by Gasteiger charge is -2.07. The van der Waals surface area contributed by atoms with Crippen LogP contribution in [0, 0.1) is 6.92 Å². The molecule has 3 nitrogen and oxygen atoms in total. The predicted molar refractivity (Wildman–Crippen MR) is 136 cm³/mol. The molecule has 0 fully saturated rings. The van der Waals surface area contributed by atoms with Crippen LogP contribution in [-0.2, 0) is 24.2 Å². The maximum Gasteiger partial charge on any atom is 0.149 e. The van der Waals surface area contributed by atoms with Crippen molar-refractivity contribution in [1.82, 2.24) is 9.55 Å². The van der Waals surface area contributed by atoms with Gasteiger partial charge in [0.05, 0.1) is 21.8 Å². The van der Waals surface area contributed by atoms with Gasteiger partial charge in [-0.05, 0) is 74.9 Å². The third kappa shape index (κ3) is 4.20. The predicted octanol–water partition coefficient (Wildman–Crippen LogP) is 7.26. The Morgan fingerprint density at radius 3 is 2.41 bits per heavy atom. The number of ketones is 1. The van der Waals surface area contributed by atoms with Crippen molar-refractivity contribution in [2.24, 2.45) is 0 Å². The molecule has 4 heteroatoms. The Bertz CT molecular complexity index is 1430. The van der Waals surface area contributed by atoms with E-state index >= 15 is 0 Å². The van der Waals surface area contributed by atoms with Gasteiger partial charge in [0, 0.05) is 21.8 Å². The molecule has 5 aromatic rings. The van der Waals surface area contributed by atoms with E-state index < -0.39 is 0 Å². The van der Waals surface area contributed by atoms with E-state index in [0.29, 0.717) is 6.54 Å². The number of unbranched alkanes of at least 4 members (excludes halogenated alkanes) is 2. The zero-order valence-corrected chi connectivity index (χ0v) is 19.5. The zero-order valence-electron chi connectivity index (χ0n) is 18.7. The maximum atomic E-state index is 11.9. The van der Waals surface area contributed by atoms with Crippen LogP contribution in [0.4, 0.5) is 0 Å². The van der Waals surface area contributed by atoms with Crippen LogP contribution in [0.3, 0.4) is 0 Å². The van der Waals surface area contributed by atoms with Gasteiger partial charge in [0.15, 0.2) is 0 Å². The lowest BCUT2D eigenvalue weighted by Crippen LogP contribution is -2.05. The van der Waals surface area contributed by atoms with Crippen LogP contribution in [0.25, 0.3) is 32.0 Å². The molecule has 0 unspecified atom stereocenters. The fraction of sp³-hybridized carbons (Fsp3) is 0.286. The van der Waals surface area contributed by atoms with Crippen molar-refractivity contribution in [3.8, 4) is 0 Å². The van der Waals surface area contributed by atoms with E-state index in [2.05, 4.69) is 71.1 Å². The Kier molecular flexibility index (Phi) is 5.79. The second-order valence-corrected chi connectivity index (χ2v) is 9.99. The van der Waals surface area contributed by atoms with Gasteiger partial charge in [0.1, 0.15) is 5.78 Å². The minimum atomic E-state index is 0.184. The van der Waals surface area contributed by atoms with Gasteiger partial charge in [-0.1, -0.05) is 42.8 Å². The highest BCUT2D eigenvalue weighted by Crippen LogP contribution is 2.30. The van der Waals surface area contributed by atoms with Gasteiger partial charge < -0.3 is 4.57 Å². The average Bonchev–Trinajstić information content (AvgIpc) is 3.30. The summed E-state index contributed by atoms with van der Waals surface area (Å²) in [4.78, 5) is 16.5. The van der Waals surface area contributed by atoms with Gasteiger partial charge in [-0.2, -0.15) is 0 Å². The number of benzene rings is 3. The molecule has 3 aromatic carbocycles. The number of thiazole rings is 1. The van der Waals surface area contributed by atoms with Crippen LogP contribution in [0.2, 0.25) is 0 Å². The number of hydrogen-bond donors (Lipinski definition) is 0. The second kappa shape index (κ2) is 8.87. The molecule has 0 radical (unpaired) electrons. The first-order valence-electron chi connectivity index (χ1n) is 11.4. The second-order valence-electron chi connectivity index (χ2n) is 8.75. The third-order valence-electron chi connectivity index (χ3n) is 6.21. The number of aryl methyl sites for hydroxylation is 3. The van der Waals surface area contributed by atoms with Crippen LogP contribution in [-0.4, -0.2) is 15.3 Å². The summed E-state index contributed by atoms with van der Waals surface area (Å²) in [6, 6.07) is 21.9. The number of rotatable bonds is 8. The molecule has 0 atom stereocenters. The van der Waals surface area contributed by atoms with Crippen LogP contribution < -0.4 is 0 Å². The smallest absolute Gasteiger partial charge is 0.149 e. The molecule has 0 saturated heterocycles. The number of Topliss-reactive ketones (excluding diaryl/α,β-unsaturated/α-hetero) is 1. The molecular formula is C28H28N2OS. The number of carbonyl (C=O) groups excluding carboxylic acids is 1. The van der Waals surface area contributed by atoms with E-state index in [1.165, 1.54) is 51.4 Å². The molecule has 2 heterocycles. The minimum absolute atomic E-state index is 0.184. The average molecular weight is 441 g/mol. The number of fused-ring (bicyclic) bond motifs is 4. The molecule has 2 aromatic heterocycles. The van der Waals surface area contributed by atoms with Gasteiger partial charge in [0.2, 0.25) is 0 Å². The number of para-hydroxylation sites is 1. The van der Waals surface area contributed by atoms with Gasteiger partial charge in [0.25, 0.3) is 0 Å². The summed E-state index contributed by atoms with van der Waals surface area (Å²) in [6.07, 6.45) is 5.76. The minimum Gasteiger partial charge on any atom is -0.333 e. The first-order valence-corrected chi connectivity index (χ1v) is 12.3. The number of nitrogens with zero attached hydrogens (tertiary/aromatic N) is 2. The lowest BCUT2D eigenvalue weighted by atomic mass is 10.0. The molecule has 0 amide bonds. The van der Waals surface area contributed by atoms with Crippen LogP contribution in [0.15, 0.2) is 60.7 Å². The largest absolute Gasteiger partial charge is 0.333 e. The van der Waals surface area contributed by atoms with E-state index in [0.717, 1.165) is 28.9 Å². The Morgan fingerprint density at radius 1 is 0.875 bits per heavy atom. The van der Waals surface area contributed by atoms with Gasteiger partial charge >= 0.3 is 0 Å². The van der Waals surface area contributed by atoms with Crippen molar-refractivity contribution >= 4 is 49.1 Å². The molecule has 0 aliphatic heterocycles. The van der Waals surface area contributed by atoms with Crippen LogP contribution in [0.5, 0.6) is 0 Å². The lowest BCUT2D eigenvalue weighted by molar-refractivity contribution is -0.117. The van der Waals surface area contributed by atoms with Crippen molar-refractivity contribution in [2.75, 3.05) is 0 Å². The summed E-state index contributed by atoms with van der Waals surface area (Å²) in [5.74, 6) is 0.184. The fourth-order valence-corrected chi connectivity index (χ4v) is 5.53. The quantitative estimate of drug-likeness (QED) is 0.238. The van der Waals surface area contributed by atoms with E-state index in [9.17, 15) is 4.79 Å². The van der Waals surface area contributed by atoms with Gasteiger partial charge in [-0.3, -0.25) is 4.79 Å². The van der Waals surface area contributed by atoms with E-state index in [-0.39, 0.29) is 5.78 Å². The van der Waals surface area contributed by atoms with E-state index in [1.54, 1.807) is 18.3 Å². The van der Waals surface area contributed by atoms with Crippen molar-refractivity contribution in [1.29, 1.82) is 0 Å². The highest BCUT2D eigenvalue weighted by atomic mass is 32.1. The highest BCUT2D eigenvalue weighted by molar-refractivity contribution is 7.18. The molecular weight excluding hydrogens is 412 g/mol. The van der Waals surface area contributed by atoms with Crippen molar-refractivity contribution in [3.63, 3.8) is 0 Å². The molecule has 0 saturated carbocycles.